The Labute approximate surface area is 205 Å². The minimum atomic E-state index is -0.259. The van der Waals surface area contributed by atoms with Crippen molar-refractivity contribution in [3.63, 3.8) is 0 Å². The van der Waals surface area contributed by atoms with Crippen molar-refractivity contribution in [2.75, 3.05) is 11.1 Å². The lowest BCUT2D eigenvalue weighted by Crippen LogP contribution is -2.24. The summed E-state index contributed by atoms with van der Waals surface area (Å²) in [5, 5.41) is 16.4. The SMILES string of the molecule is CC(C)(C)c1cc(NC(=O)CSc2nnc3n(Cc4ccccc4)c(=O)c4ccccc4n23)on1. The largest absolute Gasteiger partial charge is 0.338 e. The van der Waals surface area contributed by atoms with Gasteiger partial charge in [0.05, 0.1) is 28.9 Å². The summed E-state index contributed by atoms with van der Waals surface area (Å²) in [6, 6.07) is 18.8. The topological polar surface area (TPSA) is 107 Å². The molecular formula is C25H24N6O3S. The number of aromatic nitrogens is 5. The molecule has 0 radical (unpaired) electrons. The molecule has 0 unspecified atom stereocenters. The number of para-hydroxylation sites is 1. The quantitative estimate of drug-likeness (QED) is 0.359. The molecule has 10 heteroatoms. The smallest absolute Gasteiger partial charge is 0.263 e. The third-order valence-electron chi connectivity index (χ3n) is 5.54. The van der Waals surface area contributed by atoms with Gasteiger partial charge in [0.1, 0.15) is 0 Å². The lowest BCUT2D eigenvalue weighted by molar-refractivity contribution is -0.113. The van der Waals surface area contributed by atoms with Crippen molar-refractivity contribution in [1.82, 2.24) is 24.3 Å². The average molecular weight is 489 g/mol. The van der Waals surface area contributed by atoms with Crippen molar-refractivity contribution < 1.29 is 9.32 Å². The maximum atomic E-state index is 13.3. The molecule has 0 aliphatic heterocycles. The number of fused-ring (bicyclic) bond motifs is 3. The fourth-order valence-electron chi connectivity index (χ4n) is 3.73. The summed E-state index contributed by atoms with van der Waals surface area (Å²) < 4.78 is 8.68. The first-order valence-corrected chi connectivity index (χ1v) is 12.1. The summed E-state index contributed by atoms with van der Waals surface area (Å²) in [6.07, 6.45) is 0. The second-order valence-corrected chi connectivity index (χ2v) is 10.1. The minimum absolute atomic E-state index is 0.0818. The standard InChI is InChI=1S/C25H24N6O3S/c1-25(2,3)19-13-21(34-29-19)26-20(32)15-35-24-28-27-23-30(14-16-9-5-4-6-10-16)22(33)17-11-7-8-12-18(17)31(23)24/h4-13H,14-15H2,1-3H3,(H,26,32). The van der Waals surface area contributed by atoms with E-state index >= 15 is 0 Å². The van der Waals surface area contributed by atoms with Gasteiger partial charge in [-0.05, 0) is 17.7 Å². The summed E-state index contributed by atoms with van der Waals surface area (Å²) in [5.41, 5.74) is 2.10. The van der Waals surface area contributed by atoms with Crippen LogP contribution in [-0.2, 0) is 16.8 Å². The second-order valence-electron chi connectivity index (χ2n) is 9.18. The fourth-order valence-corrected chi connectivity index (χ4v) is 4.47. The van der Waals surface area contributed by atoms with Crippen molar-refractivity contribution in [3.8, 4) is 0 Å². The Bertz CT molecular complexity index is 1580. The number of amides is 1. The van der Waals surface area contributed by atoms with Gasteiger partial charge in [0.2, 0.25) is 17.6 Å². The number of nitrogens with one attached hydrogen (secondary N) is 1. The molecule has 1 N–H and O–H groups in total. The van der Waals surface area contributed by atoms with Gasteiger partial charge in [-0.25, -0.2) is 0 Å². The first-order valence-electron chi connectivity index (χ1n) is 11.1. The lowest BCUT2D eigenvalue weighted by atomic mass is 9.92. The number of benzene rings is 2. The fraction of sp³-hybridized carbons (Fsp3) is 0.240. The molecule has 3 heterocycles. The molecule has 0 saturated heterocycles. The van der Waals surface area contributed by atoms with E-state index in [0.717, 1.165) is 11.3 Å². The third kappa shape index (κ3) is 4.57. The van der Waals surface area contributed by atoms with Crippen LogP contribution in [0.5, 0.6) is 0 Å². The molecule has 35 heavy (non-hydrogen) atoms. The average Bonchev–Trinajstić information content (AvgIpc) is 3.48. The zero-order valence-corrected chi connectivity index (χ0v) is 20.4. The molecule has 5 rings (SSSR count). The summed E-state index contributed by atoms with van der Waals surface area (Å²) in [4.78, 5) is 25.9. The van der Waals surface area contributed by atoms with E-state index in [1.807, 2.05) is 73.7 Å². The Balaban J connectivity index is 1.44. The summed E-state index contributed by atoms with van der Waals surface area (Å²) in [7, 11) is 0. The van der Waals surface area contributed by atoms with Crippen molar-refractivity contribution in [2.45, 2.75) is 37.9 Å². The van der Waals surface area contributed by atoms with E-state index in [1.165, 1.54) is 11.8 Å². The van der Waals surface area contributed by atoms with E-state index in [1.54, 1.807) is 16.7 Å². The zero-order valence-electron chi connectivity index (χ0n) is 19.6. The molecule has 5 aromatic rings. The number of anilines is 1. The predicted molar refractivity (Wildman–Crippen MR) is 135 cm³/mol. The normalized spacial score (nSPS) is 11.9. The first-order chi connectivity index (χ1) is 16.8. The Morgan fingerprint density at radius 1 is 1.06 bits per heavy atom. The van der Waals surface area contributed by atoms with E-state index in [0.29, 0.717) is 34.3 Å². The van der Waals surface area contributed by atoms with Gasteiger partial charge in [-0.15, -0.1) is 10.2 Å². The number of carbonyl (C=O) groups is 1. The van der Waals surface area contributed by atoms with E-state index in [-0.39, 0.29) is 22.6 Å². The molecule has 1 amide bonds. The molecule has 9 nitrogen and oxygen atoms in total. The first kappa shape index (κ1) is 22.9. The van der Waals surface area contributed by atoms with Crippen LogP contribution >= 0.6 is 11.8 Å². The van der Waals surface area contributed by atoms with Gasteiger partial charge in [-0.1, -0.05) is 80.2 Å². The predicted octanol–water partition coefficient (Wildman–Crippen LogP) is 4.11. The third-order valence-corrected chi connectivity index (χ3v) is 6.46. The number of thioether (sulfide) groups is 1. The highest BCUT2D eigenvalue weighted by Gasteiger charge is 2.21. The highest BCUT2D eigenvalue weighted by Crippen LogP contribution is 2.25. The van der Waals surface area contributed by atoms with Crippen LogP contribution in [0, 0.1) is 0 Å². The molecule has 0 saturated carbocycles. The summed E-state index contributed by atoms with van der Waals surface area (Å²) >= 11 is 1.23. The number of nitrogens with zero attached hydrogens (tertiary/aromatic N) is 5. The molecular weight excluding hydrogens is 464 g/mol. The van der Waals surface area contributed by atoms with Crippen LogP contribution in [0.25, 0.3) is 16.7 Å². The van der Waals surface area contributed by atoms with Gasteiger partial charge in [0.25, 0.3) is 5.56 Å². The molecule has 2 aromatic carbocycles. The highest BCUT2D eigenvalue weighted by atomic mass is 32.2. The van der Waals surface area contributed by atoms with Gasteiger partial charge in [0, 0.05) is 11.5 Å². The van der Waals surface area contributed by atoms with Crippen molar-refractivity contribution in [2.24, 2.45) is 0 Å². The van der Waals surface area contributed by atoms with Crippen LogP contribution in [0.15, 0.2) is 75.1 Å². The van der Waals surface area contributed by atoms with Crippen molar-refractivity contribution >= 4 is 40.2 Å². The molecule has 0 spiro atoms. The zero-order chi connectivity index (χ0) is 24.6. The number of hydrogen-bond donors (Lipinski definition) is 1. The van der Waals surface area contributed by atoms with Crippen LogP contribution in [0.2, 0.25) is 0 Å². The monoisotopic (exact) mass is 488 g/mol. The summed E-state index contributed by atoms with van der Waals surface area (Å²) in [5.74, 6) is 0.544. The van der Waals surface area contributed by atoms with Crippen molar-refractivity contribution in [3.05, 3.63) is 82.3 Å². The van der Waals surface area contributed by atoms with Gasteiger partial charge >= 0.3 is 0 Å². The molecule has 0 aliphatic carbocycles. The Kier molecular flexibility index (Phi) is 5.89. The Morgan fingerprint density at radius 3 is 2.54 bits per heavy atom. The van der Waals surface area contributed by atoms with Crippen LogP contribution < -0.4 is 10.9 Å². The van der Waals surface area contributed by atoms with Gasteiger partial charge in [-0.2, -0.15) is 0 Å². The van der Waals surface area contributed by atoms with E-state index in [2.05, 4.69) is 20.7 Å². The summed E-state index contributed by atoms with van der Waals surface area (Å²) in [6.45, 7) is 6.41. The highest BCUT2D eigenvalue weighted by molar-refractivity contribution is 7.99. The van der Waals surface area contributed by atoms with E-state index < -0.39 is 0 Å². The molecule has 178 valence electrons. The van der Waals surface area contributed by atoms with Crippen molar-refractivity contribution in [1.29, 1.82) is 0 Å². The molecule has 0 fully saturated rings. The second kappa shape index (κ2) is 9.03. The molecule has 0 atom stereocenters. The van der Waals surface area contributed by atoms with Crippen LogP contribution in [0.1, 0.15) is 32.0 Å². The van der Waals surface area contributed by atoms with Crippen LogP contribution in [0.4, 0.5) is 5.88 Å². The van der Waals surface area contributed by atoms with E-state index in [4.69, 9.17) is 4.52 Å². The van der Waals surface area contributed by atoms with Gasteiger partial charge in [-0.3, -0.25) is 23.9 Å². The van der Waals surface area contributed by atoms with E-state index in [9.17, 15) is 9.59 Å². The Morgan fingerprint density at radius 2 is 1.80 bits per heavy atom. The molecule has 0 aliphatic rings. The van der Waals surface area contributed by atoms with Gasteiger partial charge < -0.3 is 4.52 Å². The lowest BCUT2D eigenvalue weighted by Gasteiger charge is -2.12. The number of rotatable bonds is 6. The molecule has 3 aromatic heterocycles. The Hall–Kier alpha value is -3.92. The minimum Gasteiger partial charge on any atom is -0.338 e. The van der Waals surface area contributed by atoms with Gasteiger partial charge in [0.15, 0.2) is 5.16 Å². The number of carbonyl (C=O) groups excluding carboxylic acids is 1. The maximum Gasteiger partial charge on any atom is 0.263 e. The number of hydrogen-bond acceptors (Lipinski definition) is 7. The van der Waals surface area contributed by atoms with Crippen LogP contribution in [-0.4, -0.2) is 36.0 Å². The molecule has 0 bridgehead atoms. The van der Waals surface area contributed by atoms with Crippen LogP contribution in [0.3, 0.4) is 0 Å². The maximum absolute atomic E-state index is 13.3.